The first-order valence-corrected chi connectivity index (χ1v) is 6.41. The molecule has 1 rings (SSSR count). The van der Waals surface area contributed by atoms with Crippen molar-refractivity contribution in [2.24, 2.45) is 11.8 Å². The van der Waals surface area contributed by atoms with Crippen LogP contribution in [0.4, 0.5) is 0 Å². The van der Waals surface area contributed by atoms with Gasteiger partial charge in [-0.05, 0) is 31.1 Å². The van der Waals surface area contributed by atoms with E-state index in [4.69, 9.17) is 4.55 Å². The first-order valence-electron chi connectivity index (χ1n) is 4.91. The fourth-order valence-corrected chi connectivity index (χ4v) is 3.70. The van der Waals surface area contributed by atoms with E-state index < -0.39 is 15.4 Å². The molecular formula is C9H18O3S. The van der Waals surface area contributed by atoms with Gasteiger partial charge >= 0.3 is 0 Å². The molecule has 0 aromatic carbocycles. The van der Waals surface area contributed by atoms with Gasteiger partial charge in [0.15, 0.2) is 0 Å². The number of hydrogen-bond donors (Lipinski definition) is 1. The Labute approximate surface area is 80.3 Å². The van der Waals surface area contributed by atoms with Gasteiger partial charge in [-0.15, -0.1) is 0 Å². The van der Waals surface area contributed by atoms with Crippen LogP contribution in [-0.2, 0) is 10.1 Å². The molecule has 1 fully saturated rings. The fourth-order valence-electron chi connectivity index (χ4n) is 2.39. The SMILES string of the molecule is CCCC1CC(C)CC1S(=O)(=O)O. The summed E-state index contributed by atoms with van der Waals surface area (Å²) in [5.74, 6) is 0.610. The van der Waals surface area contributed by atoms with Crippen LogP contribution in [0.3, 0.4) is 0 Å². The summed E-state index contributed by atoms with van der Waals surface area (Å²) in [6.45, 7) is 4.10. The van der Waals surface area contributed by atoms with Gasteiger partial charge in [-0.3, -0.25) is 4.55 Å². The summed E-state index contributed by atoms with van der Waals surface area (Å²) >= 11 is 0. The zero-order chi connectivity index (χ0) is 10.1. The third-order valence-electron chi connectivity index (χ3n) is 2.91. The van der Waals surface area contributed by atoms with Crippen molar-refractivity contribution in [2.75, 3.05) is 0 Å². The van der Waals surface area contributed by atoms with Crippen LogP contribution in [-0.4, -0.2) is 18.2 Å². The van der Waals surface area contributed by atoms with Crippen molar-refractivity contribution in [3.05, 3.63) is 0 Å². The van der Waals surface area contributed by atoms with Crippen LogP contribution >= 0.6 is 0 Å². The first-order chi connectivity index (χ1) is 5.95. The summed E-state index contributed by atoms with van der Waals surface area (Å²) in [4.78, 5) is 0. The van der Waals surface area contributed by atoms with Gasteiger partial charge in [0, 0.05) is 0 Å². The predicted octanol–water partition coefficient (Wildman–Crippen LogP) is 2.09. The van der Waals surface area contributed by atoms with Gasteiger partial charge in [-0.1, -0.05) is 20.3 Å². The second-order valence-electron chi connectivity index (χ2n) is 4.18. The summed E-state index contributed by atoms with van der Waals surface area (Å²) in [5.41, 5.74) is 0. The molecule has 0 aromatic heterocycles. The van der Waals surface area contributed by atoms with E-state index in [1.54, 1.807) is 0 Å². The van der Waals surface area contributed by atoms with E-state index in [-0.39, 0.29) is 5.92 Å². The summed E-state index contributed by atoms with van der Waals surface area (Å²) in [5, 5.41) is -0.498. The molecule has 0 heterocycles. The molecule has 3 unspecified atom stereocenters. The largest absolute Gasteiger partial charge is 0.285 e. The lowest BCUT2D eigenvalue weighted by Gasteiger charge is -2.15. The molecule has 1 N–H and O–H groups in total. The Kier molecular flexibility index (Phi) is 3.35. The van der Waals surface area contributed by atoms with Crippen molar-refractivity contribution in [1.82, 2.24) is 0 Å². The molecule has 3 nitrogen and oxygen atoms in total. The summed E-state index contributed by atoms with van der Waals surface area (Å²) < 4.78 is 31.0. The summed E-state index contributed by atoms with van der Waals surface area (Å²) in [6, 6.07) is 0. The van der Waals surface area contributed by atoms with E-state index in [0.29, 0.717) is 12.3 Å². The number of hydrogen-bond acceptors (Lipinski definition) is 2. The maximum Gasteiger partial charge on any atom is 0.268 e. The van der Waals surface area contributed by atoms with Crippen LogP contribution in [0.15, 0.2) is 0 Å². The predicted molar refractivity (Wildman–Crippen MR) is 52.1 cm³/mol. The highest BCUT2D eigenvalue weighted by Crippen LogP contribution is 2.37. The standard InChI is InChI=1S/C9H18O3S/c1-3-4-8-5-7(2)6-9(8)13(10,11)12/h7-9H,3-6H2,1-2H3,(H,10,11,12). The van der Waals surface area contributed by atoms with E-state index in [2.05, 4.69) is 0 Å². The Morgan fingerprint density at radius 1 is 1.38 bits per heavy atom. The minimum absolute atomic E-state index is 0.176. The van der Waals surface area contributed by atoms with Gasteiger partial charge in [-0.25, -0.2) is 0 Å². The highest BCUT2D eigenvalue weighted by atomic mass is 32.2. The third-order valence-corrected chi connectivity index (χ3v) is 4.25. The Morgan fingerprint density at radius 3 is 2.46 bits per heavy atom. The fraction of sp³-hybridized carbons (Fsp3) is 1.00. The molecule has 4 heteroatoms. The van der Waals surface area contributed by atoms with Crippen molar-refractivity contribution in [3.63, 3.8) is 0 Å². The molecule has 1 saturated carbocycles. The van der Waals surface area contributed by atoms with Crippen LogP contribution < -0.4 is 0 Å². The lowest BCUT2D eigenvalue weighted by atomic mass is 10.0. The van der Waals surface area contributed by atoms with Crippen LogP contribution in [0.5, 0.6) is 0 Å². The van der Waals surface area contributed by atoms with Gasteiger partial charge in [0.05, 0.1) is 5.25 Å². The van der Waals surface area contributed by atoms with Crippen molar-refractivity contribution in [1.29, 1.82) is 0 Å². The van der Waals surface area contributed by atoms with Crippen LogP contribution in [0.25, 0.3) is 0 Å². The maximum atomic E-state index is 11.0. The monoisotopic (exact) mass is 206 g/mol. The lowest BCUT2D eigenvalue weighted by molar-refractivity contribution is 0.425. The highest BCUT2D eigenvalue weighted by molar-refractivity contribution is 7.86. The van der Waals surface area contributed by atoms with Crippen molar-refractivity contribution in [3.8, 4) is 0 Å². The van der Waals surface area contributed by atoms with Crippen molar-refractivity contribution in [2.45, 2.75) is 44.8 Å². The van der Waals surface area contributed by atoms with E-state index in [1.807, 2.05) is 13.8 Å². The zero-order valence-electron chi connectivity index (χ0n) is 8.23. The molecule has 13 heavy (non-hydrogen) atoms. The molecule has 0 radical (unpaired) electrons. The Hall–Kier alpha value is -0.0900. The van der Waals surface area contributed by atoms with E-state index in [0.717, 1.165) is 19.3 Å². The van der Waals surface area contributed by atoms with E-state index >= 15 is 0 Å². The molecule has 0 bridgehead atoms. The van der Waals surface area contributed by atoms with Gasteiger partial charge in [0.1, 0.15) is 0 Å². The van der Waals surface area contributed by atoms with Crippen LogP contribution in [0.1, 0.15) is 39.5 Å². The topological polar surface area (TPSA) is 54.4 Å². The quantitative estimate of drug-likeness (QED) is 0.719. The first kappa shape index (κ1) is 11.0. The van der Waals surface area contributed by atoms with Crippen molar-refractivity contribution < 1.29 is 13.0 Å². The van der Waals surface area contributed by atoms with Crippen molar-refractivity contribution >= 4 is 10.1 Å². The maximum absolute atomic E-state index is 11.0. The van der Waals surface area contributed by atoms with Gasteiger partial charge < -0.3 is 0 Å². The molecule has 0 aromatic rings. The molecule has 0 amide bonds. The Bertz CT molecular complexity index is 258. The second-order valence-corrected chi connectivity index (χ2v) is 5.81. The molecule has 78 valence electrons. The lowest BCUT2D eigenvalue weighted by Crippen LogP contribution is -2.24. The van der Waals surface area contributed by atoms with Crippen LogP contribution in [0.2, 0.25) is 0 Å². The zero-order valence-corrected chi connectivity index (χ0v) is 9.05. The molecule has 3 atom stereocenters. The van der Waals surface area contributed by atoms with E-state index in [9.17, 15) is 8.42 Å². The van der Waals surface area contributed by atoms with E-state index in [1.165, 1.54) is 0 Å². The molecule has 1 aliphatic rings. The summed E-state index contributed by atoms with van der Waals surface area (Å²) in [7, 11) is -3.81. The number of rotatable bonds is 3. The highest BCUT2D eigenvalue weighted by Gasteiger charge is 2.38. The molecule has 0 spiro atoms. The minimum atomic E-state index is -3.81. The summed E-state index contributed by atoms with van der Waals surface area (Å²) in [6.07, 6.45) is 3.47. The molecule has 0 aliphatic heterocycles. The Balaban J connectivity index is 2.72. The van der Waals surface area contributed by atoms with Gasteiger partial charge in [0.2, 0.25) is 0 Å². The smallest absolute Gasteiger partial charge is 0.268 e. The third kappa shape index (κ3) is 2.68. The molecular weight excluding hydrogens is 188 g/mol. The van der Waals surface area contributed by atoms with Gasteiger partial charge in [-0.2, -0.15) is 8.42 Å². The average molecular weight is 206 g/mol. The minimum Gasteiger partial charge on any atom is -0.285 e. The molecule has 1 aliphatic carbocycles. The second kappa shape index (κ2) is 3.96. The Morgan fingerprint density at radius 2 is 2.00 bits per heavy atom. The molecule has 0 saturated heterocycles. The van der Waals surface area contributed by atoms with Gasteiger partial charge in [0.25, 0.3) is 10.1 Å². The van der Waals surface area contributed by atoms with Crippen LogP contribution in [0, 0.1) is 11.8 Å². The normalized spacial score (nSPS) is 35.2. The average Bonchev–Trinajstić information content (AvgIpc) is 2.30.